The van der Waals surface area contributed by atoms with Crippen LogP contribution in [0.4, 0.5) is 0 Å². The van der Waals surface area contributed by atoms with E-state index >= 15 is 0 Å². The molecule has 2 heterocycles. The van der Waals surface area contributed by atoms with Crippen LogP contribution in [-0.4, -0.2) is 9.97 Å². The van der Waals surface area contributed by atoms with E-state index in [1.54, 1.807) is 18.1 Å². The first kappa shape index (κ1) is 15.6. The molecule has 1 aliphatic carbocycles. The van der Waals surface area contributed by atoms with E-state index in [1.165, 1.54) is 34.2 Å². The van der Waals surface area contributed by atoms with Gasteiger partial charge in [-0.15, -0.1) is 23.1 Å². The van der Waals surface area contributed by atoms with Crippen molar-refractivity contribution in [2.75, 3.05) is 0 Å². The predicted molar refractivity (Wildman–Crippen MR) is 99.3 cm³/mol. The van der Waals surface area contributed by atoms with E-state index < -0.39 is 0 Å². The summed E-state index contributed by atoms with van der Waals surface area (Å²) in [6.07, 6.45) is 5.27. The largest absolute Gasteiger partial charge is 0.229 e. The Morgan fingerprint density at radius 3 is 2.92 bits per heavy atom. The molecule has 0 amide bonds. The molecule has 1 atom stereocenters. The average Bonchev–Trinajstić information content (AvgIpc) is 2.98. The molecule has 0 aliphatic heterocycles. The highest BCUT2D eigenvalue weighted by atomic mass is 32.2. The Kier molecular flexibility index (Phi) is 4.26. The number of hydrogen-bond acceptors (Lipinski definition) is 5. The molecule has 0 N–H and O–H groups in total. The fraction of sp³-hybridized carbons (Fsp3) is 0.316. The molecule has 3 aromatic rings. The topological polar surface area (TPSA) is 49.6 Å². The Hall–Kier alpha value is -1.90. The van der Waals surface area contributed by atoms with Gasteiger partial charge in [0.1, 0.15) is 16.2 Å². The maximum absolute atomic E-state index is 8.89. The third-order valence-electron chi connectivity index (χ3n) is 4.52. The minimum absolute atomic E-state index is 0.703. The summed E-state index contributed by atoms with van der Waals surface area (Å²) in [6, 6.07) is 9.95. The van der Waals surface area contributed by atoms with E-state index in [0.717, 1.165) is 27.9 Å². The lowest BCUT2D eigenvalue weighted by molar-refractivity contribution is 0.509. The van der Waals surface area contributed by atoms with Gasteiger partial charge in [0.2, 0.25) is 0 Å². The second-order valence-electron chi connectivity index (χ2n) is 6.31. The molecule has 0 saturated heterocycles. The summed E-state index contributed by atoms with van der Waals surface area (Å²) in [4.78, 5) is 11.7. The number of fused-ring (bicyclic) bond motifs is 3. The first-order valence-electron chi connectivity index (χ1n) is 8.11. The predicted octanol–water partition coefficient (Wildman–Crippen LogP) is 4.98. The summed E-state index contributed by atoms with van der Waals surface area (Å²) in [5.74, 6) is 1.63. The number of thiophene rings is 1. The minimum Gasteiger partial charge on any atom is -0.229 e. The van der Waals surface area contributed by atoms with Gasteiger partial charge in [0.15, 0.2) is 0 Å². The van der Waals surface area contributed by atoms with Gasteiger partial charge in [-0.3, -0.25) is 0 Å². The zero-order valence-corrected chi connectivity index (χ0v) is 15.1. The van der Waals surface area contributed by atoms with Crippen molar-refractivity contribution in [1.82, 2.24) is 9.97 Å². The van der Waals surface area contributed by atoms with Crippen molar-refractivity contribution in [3.05, 3.63) is 52.2 Å². The quantitative estimate of drug-likeness (QED) is 0.493. The van der Waals surface area contributed by atoms with Crippen molar-refractivity contribution >= 4 is 33.3 Å². The maximum Gasteiger partial charge on any atom is 0.128 e. The number of hydrogen-bond donors (Lipinski definition) is 0. The van der Waals surface area contributed by atoms with Gasteiger partial charge in [-0.05, 0) is 48.4 Å². The SMILES string of the molecule is CC1CCc2c(sc3ncnc(SCc4ccc(C#N)cc4)c23)C1. The van der Waals surface area contributed by atoms with E-state index in [4.69, 9.17) is 5.26 Å². The first-order chi connectivity index (χ1) is 11.7. The summed E-state index contributed by atoms with van der Waals surface area (Å²) in [7, 11) is 0. The Labute approximate surface area is 149 Å². The first-order valence-corrected chi connectivity index (χ1v) is 9.92. The van der Waals surface area contributed by atoms with Crippen molar-refractivity contribution in [3.8, 4) is 6.07 Å². The van der Waals surface area contributed by atoms with Crippen molar-refractivity contribution in [1.29, 1.82) is 5.26 Å². The highest BCUT2D eigenvalue weighted by Gasteiger charge is 2.23. The number of nitrogens with zero attached hydrogens (tertiary/aromatic N) is 3. The molecule has 0 fully saturated rings. The van der Waals surface area contributed by atoms with Crippen LogP contribution in [-0.2, 0) is 18.6 Å². The van der Waals surface area contributed by atoms with E-state index in [-0.39, 0.29) is 0 Å². The fourth-order valence-corrected chi connectivity index (χ4v) is 5.58. The Morgan fingerprint density at radius 2 is 2.12 bits per heavy atom. The van der Waals surface area contributed by atoms with Crippen LogP contribution in [0.5, 0.6) is 0 Å². The Bertz CT molecular complexity index is 922. The zero-order chi connectivity index (χ0) is 16.5. The number of thioether (sulfide) groups is 1. The van der Waals surface area contributed by atoms with Crippen molar-refractivity contribution in [2.24, 2.45) is 5.92 Å². The molecule has 1 unspecified atom stereocenters. The second kappa shape index (κ2) is 6.54. The Balaban J connectivity index is 1.63. The highest BCUT2D eigenvalue weighted by Crippen LogP contribution is 2.40. The van der Waals surface area contributed by atoms with Gasteiger partial charge in [-0.1, -0.05) is 19.1 Å². The van der Waals surface area contributed by atoms with Crippen molar-refractivity contribution in [2.45, 2.75) is 37.0 Å². The summed E-state index contributed by atoms with van der Waals surface area (Å²) in [6.45, 7) is 2.33. The van der Waals surface area contributed by atoms with E-state index in [9.17, 15) is 0 Å². The minimum atomic E-state index is 0.703. The highest BCUT2D eigenvalue weighted by molar-refractivity contribution is 7.98. The number of aryl methyl sites for hydroxylation is 1. The second-order valence-corrected chi connectivity index (χ2v) is 8.36. The van der Waals surface area contributed by atoms with Gasteiger partial charge < -0.3 is 0 Å². The monoisotopic (exact) mass is 351 g/mol. The van der Waals surface area contributed by atoms with Crippen LogP contribution in [0.2, 0.25) is 0 Å². The van der Waals surface area contributed by atoms with E-state index in [2.05, 4.69) is 23.0 Å². The van der Waals surface area contributed by atoms with Gasteiger partial charge >= 0.3 is 0 Å². The Morgan fingerprint density at radius 1 is 1.29 bits per heavy atom. The van der Waals surface area contributed by atoms with E-state index in [0.29, 0.717) is 5.56 Å². The van der Waals surface area contributed by atoms with Crippen LogP contribution < -0.4 is 0 Å². The van der Waals surface area contributed by atoms with Crippen LogP contribution in [0.1, 0.15) is 34.9 Å². The molecule has 3 nitrogen and oxygen atoms in total. The standard InChI is InChI=1S/C19H17N3S2/c1-12-2-7-15-16(8-12)24-19-17(15)18(21-11-22-19)23-10-14-5-3-13(9-20)4-6-14/h3-6,11-12H,2,7-8,10H2,1H3. The molecular formula is C19H17N3S2. The zero-order valence-electron chi connectivity index (χ0n) is 13.5. The van der Waals surface area contributed by atoms with Gasteiger partial charge in [0, 0.05) is 16.0 Å². The molecule has 2 aromatic heterocycles. The molecule has 1 aliphatic rings. The molecule has 0 spiro atoms. The third kappa shape index (κ3) is 2.92. The summed E-state index contributed by atoms with van der Waals surface area (Å²) in [5.41, 5.74) is 3.40. The molecule has 24 heavy (non-hydrogen) atoms. The average molecular weight is 352 g/mol. The van der Waals surface area contributed by atoms with E-state index in [1.807, 2.05) is 35.6 Å². The number of aromatic nitrogens is 2. The summed E-state index contributed by atoms with van der Waals surface area (Å²) < 4.78 is 0. The molecule has 4 rings (SSSR count). The lowest BCUT2D eigenvalue weighted by Crippen LogP contribution is -2.08. The molecule has 0 radical (unpaired) electrons. The van der Waals surface area contributed by atoms with Crippen molar-refractivity contribution in [3.63, 3.8) is 0 Å². The molecular weight excluding hydrogens is 334 g/mol. The van der Waals surface area contributed by atoms with Gasteiger partial charge in [0.05, 0.1) is 11.6 Å². The summed E-state index contributed by atoms with van der Waals surface area (Å²) >= 11 is 3.61. The van der Waals surface area contributed by atoms with Crippen LogP contribution in [0.3, 0.4) is 0 Å². The fourth-order valence-electron chi connectivity index (χ4n) is 3.18. The van der Waals surface area contributed by atoms with Crippen LogP contribution >= 0.6 is 23.1 Å². The lowest BCUT2D eigenvalue weighted by atomic mass is 9.89. The number of benzene rings is 1. The smallest absolute Gasteiger partial charge is 0.128 e. The molecule has 120 valence electrons. The normalized spacial score (nSPS) is 16.8. The molecule has 0 bridgehead atoms. The maximum atomic E-state index is 8.89. The van der Waals surface area contributed by atoms with Crippen molar-refractivity contribution < 1.29 is 0 Å². The van der Waals surface area contributed by atoms with Gasteiger partial charge in [0.25, 0.3) is 0 Å². The van der Waals surface area contributed by atoms with Crippen LogP contribution in [0, 0.1) is 17.2 Å². The molecule has 0 saturated carbocycles. The lowest BCUT2D eigenvalue weighted by Gasteiger charge is -2.18. The van der Waals surface area contributed by atoms with Gasteiger partial charge in [-0.2, -0.15) is 5.26 Å². The number of rotatable bonds is 3. The summed E-state index contributed by atoms with van der Waals surface area (Å²) in [5, 5.41) is 11.3. The van der Waals surface area contributed by atoms with Gasteiger partial charge in [-0.25, -0.2) is 9.97 Å². The molecule has 1 aromatic carbocycles. The van der Waals surface area contributed by atoms with Crippen LogP contribution in [0.25, 0.3) is 10.2 Å². The van der Waals surface area contributed by atoms with Crippen LogP contribution in [0.15, 0.2) is 35.6 Å². The molecule has 5 heteroatoms. The third-order valence-corrected chi connectivity index (χ3v) is 6.74. The number of nitriles is 1.